The summed E-state index contributed by atoms with van der Waals surface area (Å²) < 4.78 is 33.7. The van der Waals surface area contributed by atoms with Gasteiger partial charge in [-0.2, -0.15) is 0 Å². The van der Waals surface area contributed by atoms with Gasteiger partial charge < -0.3 is 4.74 Å². The topological polar surface area (TPSA) is 57.0 Å². The molecule has 0 amide bonds. The maximum Gasteiger partial charge on any atom is 0.261 e. The Hall–Kier alpha value is -3.03. The monoisotopic (exact) mass is 367 g/mol. The maximum absolute atomic E-state index is 13.7. The van der Waals surface area contributed by atoms with E-state index in [0.717, 1.165) is 12.3 Å². The highest BCUT2D eigenvalue weighted by molar-refractivity contribution is 6.32. The van der Waals surface area contributed by atoms with Crippen LogP contribution in [0.25, 0.3) is 5.69 Å². The van der Waals surface area contributed by atoms with Gasteiger partial charge in [0.15, 0.2) is 5.82 Å². The number of halogens is 2. The first-order valence-corrected chi connectivity index (χ1v) is 8.16. The SMILES string of the molecule is [B]c1cnc(C)c(-n2c(C)cc(OCc3ncc(F)cc3F)c(C)c2=O)c1. The average molecular weight is 367 g/mol. The van der Waals surface area contributed by atoms with E-state index in [0.29, 0.717) is 33.9 Å². The van der Waals surface area contributed by atoms with Crippen molar-refractivity contribution in [2.24, 2.45) is 0 Å². The number of aromatic nitrogens is 3. The van der Waals surface area contributed by atoms with Gasteiger partial charge in [-0.05, 0) is 26.8 Å². The Morgan fingerprint density at radius 2 is 1.85 bits per heavy atom. The van der Waals surface area contributed by atoms with E-state index < -0.39 is 11.6 Å². The Morgan fingerprint density at radius 1 is 1.11 bits per heavy atom. The summed E-state index contributed by atoms with van der Waals surface area (Å²) in [5.74, 6) is -1.27. The maximum atomic E-state index is 13.7. The van der Waals surface area contributed by atoms with E-state index in [1.165, 1.54) is 10.8 Å². The van der Waals surface area contributed by atoms with Crippen LogP contribution in [0, 0.1) is 32.4 Å². The second kappa shape index (κ2) is 7.30. The third-order valence-corrected chi connectivity index (χ3v) is 4.16. The van der Waals surface area contributed by atoms with Crippen LogP contribution in [0.1, 0.15) is 22.6 Å². The molecule has 0 aromatic carbocycles. The van der Waals surface area contributed by atoms with Crippen LogP contribution < -0.4 is 15.8 Å². The Kier molecular flexibility index (Phi) is 5.07. The van der Waals surface area contributed by atoms with Crippen LogP contribution in [0.15, 0.2) is 35.4 Å². The van der Waals surface area contributed by atoms with Crippen molar-refractivity contribution in [3.05, 3.63) is 75.2 Å². The number of ether oxygens (including phenoxy) is 1. The number of hydrogen-bond acceptors (Lipinski definition) is 4. The Bertz CT molecular complexity index is 1080. The lowest BCUT2D eigenvalue weighted by atomic mass is 9.97. The van der Waals surface area contributed by atoms with Gasteiger partial charge in [0.1, 0.15) is 31.7 Å². The van der Waals surface area contributed by atoms with Gasteiger partial charge in [0.2, 0.25) is 0 Å². The van der Waals surface area contributed by atoms with Crippen molar-refractivity contribution in [2.45, 2.75) is 27.4 Å². The number of rotatable bonds is 4. The van der Waals surface area contributed by atoms with Crippen LogP contribution in [0.2, 0.25) is 0 Å². The van der Waals surface area contributed by atoms with Gasteiger partial charge in [0.05, 0.1) is 23.1 Å². The molecule has 136 valence electrons. The van der Waals surface area contributed by atoms with Crippen LogP contribution in [0.3, 0.4) is 0 Å². The second-order valence-electron chi connectivity index (χ2n) is 6.16. The number of aryl methyl sites for hydroxylation is 2. The number of pyridine rings is 3. The Labute approximate surface area is 156 Å². The summed E-state index contributed by atoms with van der Waals surface area (Å²) in [6, 6.07) is 4.08. The predicted molar refractivity (Wildman–Crippen MR) is 97.9 cm³/mol. The second-order valence-corrected chi connectivity index (χ2v) is 6.16. The predicted octanol–water partition coefficient (Wildman–Crippen LogP) is 2.20. The van der Waals surface area contributed by atoms with Crippen LogP contribution in [0.4, 0.5) is 8.78 Å². The molecule has 0 atom stereocenters. The molecule has 3 heterocycles. The normalized spacial score (nSPS) is 10.9. The molecule has 3 aromatic heterocycles. The van der Waals surface area contributed by atoms with E-state index in [9.17, 15) is 13.6 Å². The van der Waals surface area contributed by atoms with E-state index in [-0.39, 0.29) is 17.9 Å². The molecule has 0 N–H and O–H groups in total. The average Bonchev–Trinajstić information content (AvgIpc) is 2.61. The molecule has 0 fully saturated rings. The molecule has 0 spiro atoms. The lowest BCUT2D eigenvalue weighted by molar-refractivity contribution is 0.290. The standard InChI is InChI=1S/C19H16BF2N3O2/c1-10-4-18(27-9-16-15(22)6-14(21)8-24-16)11(2)19(26)25(10)17-5-13(20)7-23-12(17)3/h4-8H,9H2,1-3H3. The van der Waals surface area contributed by atoms with Gasteiger partial charge in [-0.15, -0.1) is 0 Å². The van der Waals surface area contributed by atoms with Gasteiger partial charge in [0, 0.05) is 24.0 Å². The summed E-state index contributed by atoms with van der Waals surface area (Å²) in [4.78, 5) is 20.7. The molecular weight excluding hydrogens is 351 g/mol. The zero-order valence-electron chi connectivity index (χ0n) is 15.1. The molecule has 2 radical (unpaired) electrons. The summed E-state index contributed by atoms with van der Waals surface area (Å²) in [6.07, 6.45) is 2.43. The summed E-state index contributed by atoms with van der Waals surface area (Å²) in [5.41, 5.74) is 2.27. The molecule has 0 bridgehead atoms. The van der Waals surface area contributed by atoms with Crippen molar-refractivity contribution in [3.63, 3.8) is 0 Å². The van der Waals surface area contributed by atoms with Crippen LogP contribution in [-0.4, -0.2) is 22.4 Å². The van der Waals surface area contributed by atoms with Gasteiger partial charge >= 0.3 is 0 Å². The lowest BCUT2D eigenvalue weighted by Crippen LogP contribution is -2.25. The van der Waals surface area contributed by atoms with E-state index >= 15 is 0 Å². The molecule has 3 rings (SSSR count). The third-order valence-electron chi connectivity index (χ3n) is 4.16. The van der Waals surface area contributed by atoms with Gasteiger partial charge in [-0.3, -0.25) is 19.3 Å². The minimum Gasteiger partial charge on any atom is -0.487 e. The molecule has 0 aliphatic heterocycles. The highest BCUT2D eigenvalue weighted by atomic mass is 19.1. The highest BCUT2D eigenvalue weighted by Gasteiger charge is 2.15. The fourth-order valence-corrected chi connectivity index (χ4v) is 2.70. The van der Waals surface area contributed by atoms with Crippen molar-refractivity contribution >= 4 is 13.3 Å². The van der Waals surface area contributed by atoms with Crippen LogP contribution in [0.5, 0.6) is 5.75 Å². The molecular formula is C19H16BF2N3O2. The number of hydrogen-bond donors (Lipinski definition) is 0. The van der Waals surface area contributed by atoms with Crippen molar-refractivity contribution in [2.75, 3.05) is 0 Å². The lowest BCUT2D eigenvalue weighted by Gasteiger charge is -2.17. The van der Waals surface area contributed by atoms with Crippen molar-refractivity contribution < 1.29 is 13.5 Å². The smallest absolute Gasteiger partial charge is 0.261 e. The largest absolute Gasteiger partial charge is 0.487 e. The molecule has 0 aliphatic carbocycles. The molecule has 27 heavy (non-hydrogen) atoms. The quantitative estimate of drug-likeness (QED) is 0.664. The molecule has 0 unspecified atom stereocenters. The van der Waals surface area contributed by atoms with Gasteiger partial charge in [0.25, 0.3) is 5.56 Å². The first-order valence-electron chi connectivity index (χ1n) is 8.16. The van der Waals surface area contributed by atoms with Crippen molar-refractivity contribution in [3.8, 4) is 11.4 Å². The zero-order valence-corrected chi connectivity index (χ0v) is 15.1. The Balaban J connectivity index is 1.98. The summed E-state index contributed by atoms with van der Waals surface area (Å²) >= 11 is 0. The van der Waals surface area contributed by atoms with Crippen LogP contribution in [-0.2, 0) is 6.61 Å². The molecule has 0 aliphatic rings. The van der Waals surface area contributed by atoms with Gasteiger partial charge in [-0.25, -0.2) is 8.78 Å². The molecule has 0 saturated carbocycles. The van der Waals surface area contributed by atoms with E-state index in [1.54, 1.807) is 32.9 Å². The van der Waals surface area contributed by atoms with Crippen LogP contribution >= 0.6 is 0 Å². The van der Waals surface area contributed by atoms with Crippen molar-refractivity contribution in [1.29, 1.82) is 0 Å². The van der Waals surface area contributed by atoms with E-state index in [1.807, 2.05) is 0 Å². The van der Waals surface area contributed by atoms with E-state index in [2.05, 4.69) is 9.97 Å². The van der Waals surface area contributed by atoms with Crippen molar-refractivity contribution in [1.82, 2.24) is 14.5 Å². The van der Waals surface area contributed by atoms with E-state index in [4.69, 9.17) is 12.6 Å². The summed E-state index contributed by atoms with van der Waals surface area (Å²) in [6.45, 7) is 4.91. The highest BCUT2D eigenvalue weighted by Crippen LogP contribution is 2.21. The first-order chi connectivity index (χ1) is 12.8. The minimum absolute atomic E-state index is 0.0477. The summed E-state index contributed by atoms with van der Waals surface area (Å²) in [5, 5.41) is 0. The number of nitrogens with zero attached hydrogens (tertiary/aromatic N) is 3. The first kappa shape index (κ1) is 18.8. The van der Waals surface area contributed by atoms with Gasteiger partial charge in [-0.1, -0.05) is 5.46 Å². The minimum atomic E-state index is -0.806. The summed E-state index contributed by atoms with van der Waals surface area (Å²) in [7, 11) is 5.80. The third kappa shape index (κ3) is 3.74. The zero-order chi connectivity index (χ0) is 19.7. The molecule has 0 saturated heterocycles. The fourth-order valence-electron chi connectivity index (χ4n) is 2.70. The molecule has 3 aromatic rings. The molecule has 8 heteroatoms. The fraction of sp³-hybridized carbons (Fsp3) is 0.211. The Morgan fingerprint density at radius 3 is 2.56 bits per heavy atom. The molecule has 5 nitrogen and oxygen atoms in total.